The lowest BCUT2D eigenvalue weighted by molar-refractivity contribution is -0.115. The number of halogens is 2. The molecule has 0 saturated heterocycles. The lowest BCUT2D eigenvalue weighted by atomic mass is 10.2. The van der Waals surface area contributed by atoms with Gasteiger partial charge < -0.3 is 11.1 Å². The number of carbonyl (C=O) groups excluding carboxylic acids is 1. The molecule has 2 rings (SSSR count). The zero-order valence-corrected chi connectivity index (χ0v) is 12.8. The number of thioether (sulfide) groups is 1. The van der Waals surface area contributed by atoms with E-state index in [1.807, 2.05) is 18.2 Å². The fraction of sp³-hybridized carbons (Fsp3) is 0.133. The largest absolute Gasteiger partial charge is 0.399 e. The van der Waals surface area contributed by atoms with E-state index in [1.54, 1.807) is 13.0 Å². The van der Waals surface area contributed by atoms with Crippen molar-refractivity contribution in [2.75, 3.05) is 11.1 Å². The topological polar surface area (TPSA) is 55.1 Å². The summed E-state index contributed by atoms with van der Waals surface area (Å²) in [5.74, 6) is -0.836. The van der Waals surface area contributed by atoms with Gasteiger partial charge in [0.2, 0.25) is 5.91 Å². The van der Waals surface area contributed by atoms with E-state index in [2.05, 4.69) is 5.32 Å². The molecule has 0 bridgehead atoms. The molecule has 3 N–H and O–H groups in total. The molecule has 1 amide bonds. The third-order valence-electron chi connectivity index (χ3n) is 2.76. The van der Waals surface area contributed by atoms with E-state index in [1.165, 1.54) is 30.0 Å². The average Bonchev–Trinajstić information content (AvgIpc) is 2.45. The van der Waals surface area contributed by atoms with Crippen LogP contribution in [0.1, 0.15) is 6.92 Å². The van der Waals surface area contributed by atoms with E-state index in [4.69, 9.17) is 17.3 Å². The zero-order chi connectivity index (χ0) is 15.4. The number of nitrogen functional groups attached to an aromatic ring is 1. The molecule has 1 atom stereocenters. The fourth-order valence-electron chi connectivity index (χ4n) is 1.66. The second-order valence-electron chi connectivity index (χ2n) is 4.42. The molecular weight excluding hydrogens is 311 g/mol. The Balaban J connectivity index is 2.06. The van der Waals surface area contributed by atoms with Gasteiger partial charge in [-0.3, -0.25) is 4.79 Å². The number of benzene rings is 2. The molecule has 2 aromatic carbocycles. The molecule has 1 unspecified atom stereocenters. The predicted octanol–water partition coefficient (Wildman–Crippen LogP) is 4.18. The third kappa shape index (κ3) is 4.12. The zero-order valence-electron chi connectivity index (χ0n) is 11.3. The van der Waals surface area contributed by atoms with Crippen molar-refractivity contribution in [2.24, 2.45) is 0 Å². The molecule has 0 heterocycles. The number of carbonyl (C=O) groups is 1. The summed E-state index contributed by atoms with van der Waals surface area (Å²) in [6.07, 6.45) is 0. The monoisotopic (exact) mass is 324 g/mol. The standard InChI is InChI=1S/C15H14ClFN2OS/c1-9(21-14-5-3-2-4-11(14)16)15(20)19-13-8-10(18)6-7-12(13)17/h2-9H,18H2,1H3,(H,19,20). The van der Waals surface area contributed by atoms with Gasteiger partial charge in [-0.25, -0.2) is 4.39 Å². The predicted molar refractivity (Wildman–Crippen MR) is 86.2 cm³/mol. The summed E-state index contributed by atoms with van der Waals surface area (Å²) in [5, 5.41) is 2.69. The first-order valence-corrected chi connectivity index (χ1v) is 7.50. The summed E-state index contributed by atoms with van der Waals surface area (Å²) in [4.78, 5) is 12.9. The van der Waals surface area contributed by atoms with Crippen molar-refractivity contribution in [1.82, 2.24) is 0 Å². The fourth-order valence-corrected chi connectivity index (χ4v) is 2.81. The van der Waals surface area contributed by atoms with Crippen LogP contribution in [0.4, 0.5) is 15.8 Å². The molecule has 0 aromatic heterocycles. The maximum Gasteiger partial charge on any atom is 0.237 e. The van der Waals surface area contributed by atoms with Crippen LogP contribution in [-0.2, 0) is 4.79 Å². The van der Waals surface area contributed by atoms with E-state index in [0.717, 1.165) is 4.90 Å². The van der Waals surface area contributed by atoms with Gasteiger partial charge in [-0.15, -0.1) is 11.8 Å². The van der Waals surface area contributed by atoms with Gasteiger partial charge in [0.05, 0.1) is 16.0 Å². The van der Waals surface area contributed by atoms with Crippen molar-refractivity contribution in [2.45, 2.75) is 17.1 Å². The van der Waals surface area contributed by atoms with Crippen molar-refractivity contribution >= 4 is 40.6 Å². The summed E-state index contributed by atoms with van der Waals surface area (Å²) in [6.45, 7) is 1.73. The smallest absolute Gasteiger partial charge is 0.237 e. The average molecular weight is 325 g/mol. The number of nitrogens with one attached hydrogen (secondary N) is 1. The Morgan fingerprint density at radius 2 is 2.05 bits per heavy atom. The molecule has 0 radical (unpaired) electrons. The molecule has 0 saturated carbocycles. The van der Waals surface area contributed by atoms with Gasteiger partial charge in [0, 0.05) is 10.6 Å². The molecule has 0 aliphatic heterocycles. The van der Waals surface area contributed by atoms with E-state index in [0.29, 0.717) is 10.7 Å². The quantitative estimate of drug-likeness (QED) is 0.655. The molecule has 2 aromatic rings. The van der Waals surface area contributed by atoms with Crippen LogP contribution in [-0.4, -0.2) is 11.2 Å². The van der Waals surface area contributed by atoms with Gasteiger partial charge in [0.1, 0.15) is 5.82 Å². The van der Waals surface area contributed by atoms with Gasteiger partial charge in [0.25, 0.3) is 0 Å². The van der Waals surface area contributed by atoms with E-state index in [-0.39, 0.29) is 11.6 Å². The van der Waals surface area contributed by atoms with Crippen LogP contribution in [0.5, 0.6) is 0 Å². The molecule has 110 valence electrons. The second-order valence-corrected chi connectivity index (χ2v) is 6.21. The van der Waals surface area contributed by atoms with Crippen LogP contribution in [0, 0.1) is 5.82 Å². The molecule has 21 heavy (non-hydrogen) atoms. The summed E-state index contributed by atoms with van der Waals surface area (Å²) in [5.41, 5.74) is 6.04. The maximum absolute atomic E-state index is 13.6. The van der Waals surface area contributed by atoms with Crippen molar-refractivity contribution in [1.29, 1.82) is 0 Å². The minimum Gasteiger partial charge on any atom is -0.399 e. The van der Waals surface area contributed by atoms with Crippen LogP contribution in [0.3, 0.4) is 0 Å². The SMILES string of the molecule is CC(Sc1ccccc1Cl)C(=O)Nc1cc(N)ccc1F. The number of nitrogens with two attached hydrogens (primary N) is 1. The Morgan fingerprint density at radius 3 is 2.76 bits per heavy atom. The normalized spacial score (nSPS) is 12.0. The van der Waals surface area contributed by atoms with Gasteiger partial charge in [0.15, 0.2) is 0 Å². The minimum absolute atomic E-state index is 0.0756. The first-order chi connectivity index (χ1) is 9.97. The molecule has 3 nitrogen and oxygen atoms in total. The molecule has 0 aliphatic rings. The number of anilines is 2. The van der Waals surface area contributed by atoms with Crippen LogP contribution in [0.15, 0.2) is 47.4 Å². The highest BCUT2D eigenvalue weighted by atomic mass is 35.5. The van der Waals surface area contributed by atoms with Gasteiger partial charge in [-0.1, -0.05) is 23.7 Å². The lowest BCUT2D eigenvalue weighted by Gasteiger charge is -2.13. The van der Waals surface area contributed by atoms with E-state index in [9.17, 15) is 9.18 Å². The van der Waals surface area contributed by atoms with Gasteiger partial charge >= 0.3 is 0 Å². The van der Waals surface area contributed by atoms with Crippen LogP contribution in [0.2, 0.25) is 5.02 Å². The Kier molecular flexibility index (Phi) is 5.09. The van der Waals surface area contributed by atoms with Gasteiger partial charge in [-0.05, 0) is 37.3 Å². The Bertz CT molecular complexity index is 666. The highest BCUT2D eigenvalue weighted by Gasteiger charge is 2.17. The van der Waals surface area contributed by atoms with Gasteiger partial charge in [-0.2, -0.15) is 0 Å². The summed E-state index contributed by atoms with van der Waals surface area (Å²) in [7, 11) is 0. The highest BCUT2D eigenvalue weighted by Crippen LogP contribution is 2.30. The molecule has 0 spiro atoms. The Hall–Kier alpha value is -1.72. The van der Waals surface area contributed by atoms with Crippen LogP contribution in [0.25, 0.3) is 0 Å². The number of hydrogen-bond donors (Lipinski definition) is 2. The number of amides is 1. The Labute approximate surface area is 131 Å². The Morgan fingerprint density at radius 1 is 1.33 bits per heavy atom. The first-order valence-electron chi connectivity index (χ1n) is 6.24. The highest BCUT2D eigenvalue weighted by molar-refractivity contribution is 8.00. The molecule has 0 aliphatic carbocycles. The van der Waals surface area contributed by atoms with Crippen molar-refractivity contribution in [3.63, 3.8) is 0 Å². The number of rotatable bonds is 4. The van der Waals surface area contributed by atoms with Crippen molar-refractivity contribution in [3.8, 4) is 0 Å². The summed E-state index contributed by atoms with van der Waals surface area (Å²) in [6, 6.07) is 11.3. The number of hydrogen-bond acceptors (Lipinski definition) is 3. The molecule has 6 heteroatoms. The molecule has 0 fully saturated rings. The maximum atomic E-state index is 13.6. The van der Waals surface area contributed by atoms with E-state index >= 15 is 0 Å². The van der Waals surface area contributed by atoms with Crippen molar-refractivity contribution < 1.29 is 9.18 Å². The summed E-state index contributed by atoms with van der Waals surface area (Å²) < 4.78 is 13.6. The van der Waals surface area contributed by atoms with Crippen LogP contribution >= 0.6 is 23.4 Å². The minimum atomic E-state index is -0.521. The summed E-state index contributed by atoms with van der Waals surface area (Å²) >= 11 is 7.36. The molecular formula is C15H14ClFN2OS. The van der Waals surface area contributed by atoms with E-state index < -0.39 is 11.1 Å². The van der Waals surface area contributed by atoms with Crippen molar-refractivity contribution in [3.05, 3.63) is 53.3 Å². The first kappa shape index (κ1) is 15.7. The second kappa shape index (κ2) is 6.83. The van der Waals surface area contributed by atoms with Crippen LogP contribution < -0.4 is 11.1 Å². The lowest BCUT2D eigenvalue weighted by Crippen LogP contribution is -2.23. The third-order valence-corrected chi connectivity index (χ3v) is 4.38.